The van der Waals surface area contributed by atoms with E-state index in [-0.39, 0.29) is 52.5 Å². The number of hydrogen-bond donors (Lipinski definition) is 1. The molecule has 1 N–H and O–H groups in total. The molecule has 3 rings (SSSR count). The number of rotatable bonds is 5. The van der Waals surface area contributed by atoms with Gasteiger partial charge in [0.15, 0.2) is 5.13 Å². The highest BCUT2D eigenvalue weighted by atomic mass is 32.1. The lowest BCUT2D eigenvalue weighted by molar-refractivity contribution is -0.140. The smallest absolute Gasteiger partial charge is 0.349 e. The minimum Gasteiger partial charge on any atom is -0.465 e. The number of methoxy groups -OCH3 is 1. The minimum atomic E-state index is -0.525. The number of aromatic nitrogens is 1. The minimum absolute atomic E-state index is 0.0164. The molecule has 0 aromatic carbocycles. The van der Waals surface area contributed by atoms with Crippen LogP contribution in [-0.4, -0.2) is 47.2 Å². The van der Waals surface area contributed by atoms with E-state index in [2.05, 4.69) is 15.0 Å². The van der Waals surface area contributed by atoms with E-state index in [1.807, 2.05) is 12.2 Å². The maximum atomic E-state index is 12.3. The fourth-order valence-corrected chi connectivity index (χ4v) is 3.76. The highest BCUT2D eigenvalue weighted by molar-refractivity contribution is 7.17. The van der Waals surface area contributed by atoms with Crippen molar-refractivity contribution in [2.24, 2.45) is 11.8 Å². The monoisotopic (exact) mass is 363 g/mol. The van der Waals surface area contributed by atoms with Gasteiger partial charge in [0.25, 0.3) is 0 Å². The predicted molar refractivity (Wildman–Crippen MR) is 88.8 cm³/mol. The molecule has 0 unspecified atom stereocenters. The molecule has 0 radical (unpaired) electrons. The van der Waals surface area contributed by atoms with Crippen LogP contribution in [0.1, 0.15) is 28.9 Å². The molecule has 9 heteroatoms. The Balaban J connectivity index is 1.54. The molecule has 1 aliphatic heterocycles. The molecule has 2 heterocycles. The van der Waals surface area contributed by atoms with Crippen molar-refractivity contribution in [3.63, 3.8) is 0 Å². The zero-order chi connectivity index (χ0) is 18.0. The topological polar surface area (TPSA) is 106 Å². The molecule has 1 aromatic heterocycles. The van der Waals surface area contributed by atoms with E-state index >= 15 is 0 Å². The van der Waals surface area contributed by atoms with Gasteiger partial charge < -0.3 is 10.1 Å². The number of anilines is 1. The summed E-state index contributed by atoms with van der Waals surface area (Å²) >= 11 is 0.996. The number of hydrogen-bond acceptors (Lipinski definition) is 7. The number of allylic oxidation sites excluding steroid dienone is 2. The molecule has 1 aromatic rings. The zero-order valence-electron chi connectivity index (χ0n) is 13.6. The Labute approximate surface area is 147 Å². The maximum Gasteiger partial charge on any atom is 0.349 e. The summed E-state index contributed by atoms with van der Waals surface area (Å²) in [6, 6.07) is 0. The second-order valence-corrected chi connectivity index (χ2v) is 6.83. The molecule has 0 saturated carbocycles. The SMILES string of the molecule is COC(=O)c1cnc(NC(=O)CCN2C(=O)[C@H]3CC=CC[C@@H]3C2=O)s1. The van der Waals surface area contributed by atoms with Crippen LogP contribution in [0.15, 0.2) is 18.3 Å². The number of likely N-dealkylation sites (tertiary alicyclic amines) is 1. The highest BCUT2D eigenvalue weighted by Crippen LogP contribution is 2.35. The molecule has 1 fully saturated rings. The second-order valence-electron chi connectivity index (χ2n) is 5.80. The summed E-state index contributed by atoms with van der Waals surface area (Å²) in [5.41, 5.74) is 0. The van der Waals surface area contributed by atoms with Crippen LogP contribution in [0.5, 0.6) is 0 Å². The summed E-state index contributed by atoms with van der Waals surface area (Å²) in [7, 11) is 1.26. The van der Waals surface area contributed by atoms with Crippen LogP contribution in [-0.2, 0) is 19.1 Å². The van der Waals surface area contributed by atoms with E-state index in [4.69, 9.17) is 0 Å². The first-order valence-electron chi connectivity index (χ1n) is 7.85. The molecule has 0 bridgehead atoms. The van der Waals surface area contributed by atoms with Crippen LogP contribution in [0.2, 0.25) is 0 Å². The van der Waals surface area contributed by atoms with Gasteiger partial charge >= 0.3 is 5.97 Å². The first-order valence-corrected chi connectivity index (χ1v) is 8.67. The fraction of sp³-hybridized carbons (Fsp3) is 0.438. The third kappa shape index (κ3) is 3.46. The molecule has 25 heavy (non-hydrogen) atoms. The third-order valence-electron chi connectivity index (χ3n) is 4.30. The van der Waals surface area contributed by atoms with E-state index in [0.717, 1.165) is 11.3 Å². The summed E-state index contributed by atoms with van der Waals surface area (Å²) < 4.78 is 4.57. The van der Waals surface area contributed by atoms with Crippen molar-refractivity contribution in [3.05, 3.63) is 23.2 Å². The maximum absolute atomic E-state index is 12.3. The standard InChI is InChI=1S/C16H17N3O5S/c1-24-15(23)11-8-17-16(25-11)18-12(20)6-7-19-13(21)9-4-2-3-5-10(9)14(19)22/h2-3,8-10H,4-7H2,1H3,(H,17,18,20)/t9-,10-/m0/s1. The van der Waals surface area contributed by atoms with Crippen LogP contribution in [0.4, 0.5) is 5.13 Å². The molecule has 1 aliphatic carbocycles. The number of carbonyl (C=O) groups excluding carboxylic acids is 4. The second kappa shape index (κ2) is 7.14. The number of ether oxygens (including phenoxy) is 1. The van der Waals surface area contributed by atoms with Crippen LogP contribution in [0.25, 0.3) is 0 Å². The van der Waals surface area contributed by atoms with E-state index in [1.54, 1.807) is 0 Å². The van der Waals surface area contributed by atoms with Gasteiger partial charge in [-0.1, -0.05) is 23.5 Å². The Morgan fingerprint density at radius 2 is 1.92 bits per heavy atom. The van der Waals surface area contributed by atoms with Gasteiger partial charge in [-0.15, -0.1) is 0 Å². The average Bonchev–Trinajstić information content (AvgIpc) is 3.17. The van der Waals surface area contributed by atoms with Crippen LogP contribution < -0.4 is 5.32 Å². The number of imide groups is 1. The first kappa shape index (κ1) is 17.3. The largest absolute Gasteiger partial charge is 0.465 e. The number of thiazole rings is 1. The Morgan fingerprint density at radius 1 is 1.28 bits per heavy atom. The lowest BCUT2D eigenvalue weighted by Gasteiger charge is -2.14. The number of fused-ring (bicyclic) bond motifs is 1. The number of esters is 1. The van der Waals surface area contributed by atoms with Gasteiger partial charge in [-0.2, -0.15) is 0 Å². The molecule has 2 aliphatic rings. The van der Waals surface area contributed by atoms with E-state index in [9.17, 15) is 19.2 Å². The van der Waals surface area contributed by atoms with Crippen molar-refractivity contribution >= 4 is 40.2 Å². The van der Waals surface area contributed by atoms with E-state index < -0.39 is 5.97 Å². The van der Waals surface area contributed by atoms with Gasteiger partial charge in [0, 0.05) is 13.0 Å². The first-order chi connectivity index (χ1) is 12.0. The predicted octanol–water partition coefficient (Wildman–Crippen LogP) is 1.21. The summed E-state index contributed by atoms with van der Waals surface area (Å²) in [5.74, 6) is -1.88. The molecule has 2 atom stereocenters. The van der Waals surface area contributed by atoms with Crippen LogP contribution in [0, 0.1) is 11.8 Å². The number of nitrogens with zero attached hydrogens (tertiary/aromatic N) is 2. The van der Waals surface area contributed by atoms with Crippen molar-refractivity contribution in [1.29, 1.82) is 0 Å². The number of carbonyl (C=O) groups is 4. The summed E-state index contributed by atoms with van der Waals surface area (Å²) in [6.07, 6.45) is 6.29. The zero-order valence-corrected chi connectivity index (χ0v) is 14.4. The molecular weight excluding hydrogens is 346 g/mol. The quantitative estimate of drug-likeness (QED) is 0.479. The molecule has 0 spiro atoms. The van der Waals surface area contributed by atoms with Crippen molar-refractivity contribution < 1.29 is 23.9 Å². The van der Waals surface area contributed by atoms with Crippen molar-refractivity contribution in [2.45, 2.75) is 19.3 Å². The summed E-state index contributed by atoms with van der Waals surface area (Å²) in [4.78, 5) is 53.4. The molecule has 3 amide bonds. The molecular formula is C16H17N3O5S. The molecule has 1 saturated heterocycles. The Hall–Kier alpha value is -2.55. The molecule has 132 valence electrons. The lowest BCUT2D eigenvalue weighted by atomic mass is 9.85. The Bertz CT molecular complexity index is 731. The lowest BCUT2D eigenvalue weighted by Crippen LogP contribution is -2.34. The van der Waals surface area contributed by atoms with Gasteiger partial charge in [-0.3, -0.25) is 19.3 Å². The average molecular weight is 363 g/mol. The van der Waals surface area contributed by atoms with Crippen LogP contribution >= 0.6 is 11.3 Å². The third-order valence-corrected chi connectivity index (χ3v) is 5.19. The molecule has 8 nitrogen and oxygen atoms in total. The highest BCUT2D eigenvalue weighted by Gasteiger charge is 2.46. The van der Waals surface area contributed by atoms with Gasteiger partial charge in [0.1, 0.15) is 4.88 Å². The number of nitrogens with one attached hydrogen (secondary N) is 1. The van der Waals surface area contributed by atoms with Crippen molar-refractivity contribution in [2.75, 3.05) is 19.0 Å². The summed E-state index contributed by atoms with van der Waals surface area (Å²) in [5, 5.41) is 2.82. The van der Waals surface area contributed by atoms with Gasteiger partial charge in [0.2, 0.25) is 17.7 Å². The van der Waals surface area contributed by atoms with Crippen LogP contribution in [0.3, 0.4) is 0 Å². The van der Waals surface area contributed by atoms with Gasteiger partial charge in [-0.05, 0) is 12.8 Å². The summed E-state index contributed by atoms with van der Waals surface area (Å²) in [6.45, 7) is 0.0474. The van der Waals surface area contributed by atoms with Gasteiger partial charge in [-0.25, -0.2) is 9.78 Å². The number of amides is 3. The van der Waals surface area contributed by atoms with Gasteiger partial charge in [0.05, 0.1) is 25.1 Å². The van der Waals surface area contributed by atoms with Crippen molar-refractivity contribution in [1.82, 2.24) is 9.88 Å². The van der Waals surface area contributed by atoms with E-state index in [1.165, 1.54) is 18.2 Å². The Morgan fingerprint density at radius 3 is 2.52 bits per heavy atom. The van der Waals surface area contributed by atoms with E-state index in [0.29, 0.717) is 12.8 Å². The Kier molecular flexibility index (Phi) is 4.93. The van der Waals surface area contributed by atoms with Crippen molar-refractivity contribution in [3.8, 4) is 0 Å². The fourth-order valence-electron chi connectivity index (χ4n) is 3.01. The normalized spacial score (nSPS) is 22.0.